The maximum atomic E-state index is 13.2. The van der Waals surface area contributed by atoms with Crippen LogP contribution in [0.1, 0.15) is 23.6 Å². The van der Waals surface area contributed by atoms with Gasteiger partial charge in [-0.3, -0.25) is 5.10 Å². The topological polar surface area (TPSA) is 93.0 Å². The Bertz CT molecular complexity index is 920. The lowest BCUT2D eigenvalue weighted by atomic mass is 10.0. The Morgan fingerprint density at radius 2 is 2.11 bits per heavy atom. The van der Waals surface area contributed by atoms with Crippen molar-refractivity contribution >= 4 is 11.8 Å². The van der Waals surface area contributed by atoms with E-state index < -0.39 is 0 Å². The number of nitrogens with zero attached hydrogens (tertiary/aromatic N) is 4. The summed E-state index contributed by atoms with van der Waals surface area (Å²) in [6.07, 6.45) is 2.71. The smallest absolute Gasteiger partial charge is 0.222 e. The first kappa shape index (κ1) is 17.4. The van der Waals surface area contributed by atoms with Crippen LogP contribution in [0.25, 0.3) is 11.3 Å². The third kappa shape index (κ3) is 3.75. The number of nitrogens with two attached hydrogens (primary N) is 1. The van der Waals surface area contributed by atoms with Crippen molar-refractivity contribution in [1.82, 2.24) is 20.2 Å². The van der Waals surface area contributed by atoms with Crippen molar-refractivity contribution in [3.8, 4) is 11.3 Å². The van der Waals surface area contributed by atoms with Crippen LogP contribution in [0.4, 0.5) is 16.2 Å². The Morgan fingerprint density at radius 3 is 2.85 bits per heavy atom. The zero-order valence-electron chi connectivity index (χ0n) is 15.0. The van der Waals surface area contributed by atoms with Gasteiger partial charge in [-0.1, -0.05) is 0 Å². The molecule has 0 unspecified atom stereocenters. The normalized spacial score (nSPS) is 16.6. The first-order valence-corrected chi connectivity index (χ1v) is 8.81. The van der Waals surface area contributed by atoms with Crippen molar-refractivity contribution < 1.29 is 9.13 Å². The maximum Gasteiger partial charge on any atom is 0.222 e. The van der Waals surface area contributed by atoms with Gasteiger partial charge in [0.05, 0.1) is 24.2 Å². The van der Waals surface area contributed by atoms with E-state index in [2.05, 4.69) is 20.2 Å². The predicted octanol–water partition coefficient (Wildman–Crippen LogP) is 2.73. The van der Waals surface area contributed by atoms with Crippen LogP contribution in [0.3, 0.4) is 0 Å². The molecule has 4 rings (SSSR count). The molecule has 2 aromatic heterocycles. The second kappa shape index (κ2) is 7.32. The Labute approximate surface area is 156 Å². The number of rotatable bonds is 5. The number of nitrogen functional groups attached to an aromatic ring is 1. The van der Waals surface area contributed by atoms with Crippen molar-refractivity contribution in [2.24, 2.45) is 0 Å². The zero-order chi connectivity index (χ0) is 18.8. The summed E-state index contributed by atoms with van der Waals surface area (Å²) in [4.78, 5) is 10.7. The van der Waals surface area contributed by atoms with Gasteiger partial charge in [0.1, 0.15) is 11.6 Å². The third-order valence-electron chi connectivity index (χ3n) is 4.75. The predicted molar refractivity (Wildman–Crippen MR) is 101 cm³/mol. The Kier molecular flexibility index (Phi) is 4.72. The van der Waals surface area contributed by atoms with Crippen LogP contribution in [-0.4, -0.2) is 40.4 Å². The molecule has 140 valence electrons. The molecule has 0 aliphatic carbocycles. The van der Waals surface area contributed by atoms with Crippen LogP contribution >= 0.6 is 0 Å². The molecule has 27 heavy (non-hydrogen) atoms. The summed E-state index contributed by atoms with van der Waals surface area (Å²) in [5.41, 5.74) is 9.55. The zero-order valence-corrected chi connectivity index (χ0v) is 15.0. The molecule has 3 heterocycles. The minimum atomic E-state index is -0.267. The number of benzene rings is 1. The summed E-state index contributed by atoms with van der Waals surface area (Å²) in [6, 6.07) is 8.29. The quantitative estimate of drug-likeness (QED) is 0.719. The Balaban J connectivity index is 1.57. The number of hydrogen-bond acceptors (Lipinski definition) is 6. The lowest BCUT2D eigenvalue weighted by molar-refractivity contribution is 0.193. The van der Waals surface area contributed by atoms with Gasteiger partial charge < -0.3 is 15.4 Å². The summed E-state index contributed by atoms with van der Waals surface area (Å²) in [7, 11) is 1.94. The van der Waals surface area contributed by atoms with Gasteiger partial charge in [-0.15, -0.1) is 0 Å². The molecule has 1 atom stereocenters. The van der Waals surface area contributed by atoms with Gasteiger partial charge >= 0.3 is 0 Å². The lowest BCUT2D eigenvalue weighted by Crippen LogP contribution is -2.19. The lowest BCUT2D eigenvalue weighted by Gasteiger charge is -2.20. The van der Waals surface area contributed by atoms with Crippen LogP contribution in [0.5, 0.6) is 0 Å². The average molecular weight is 368 g/mol. The monoisotopic (exact) mass is 368 g/mol. The molecule has 3 aromatic rings. The first-order chi connectivity index (χ1) is 13.1. The van der Waals surface area contributed by atoms with Crippen LogP contribution in [-0.2, 0) is 11.3 Å². The number of hydrogen-bond donors (Lipinski definition) is 2. The highest BCUT2D eigenvalue weighted by Gasteiger charge is 2.21. The number of aromatic amines is 1. The standard InChI is InChI=1S/C19H21FN6O/c1-26(17-8-16(23-19(21)24-17)13-6-7-27-11-13)10-14-9-22-25-18(14)12-2-4-15(20)5-3-12/h2-5,8-9,13H,6-7,10-11H2,1H3,(H,22,25)(H2,21,23,24)/t13-/m1/s1. The van der Waals surface area contributed by atoms with E-state index in [1.54, 1.807) is 18.3 Å². The van der Waals surface area contributed by atoms with E-state index in [0.29, 0.717) is 13.2 Å². The van der Waals surface area contributed by atoms with Gasteiger partial charge in [0.2, 0.25) is 5.95 Å². The van der Waals surface area contributed by atoms with Crippen LogP contribution in [0.15, 0.2) is 36.5 Å². The number of aromatic nitrogens is 4. The Hall–Kier alpha value is -3.00. The van der Waals surface area contributed by atoms with Gasteiger partial charge in [0.15, 0.2) is 0 Å². The molecule has 1 aromatic carbocycles. The van der Waals surface area contributed by atoms with Crippen LogP contribution < -0.4 is 10.6 Å². The van der Waals surface area contributed by atoms with E-state index in [1.807, 2.05) is 18.0 Å². The molecule has 0 radical (unpaired) electrons. The van der Waals surface area contributed by atoms with E-state index in [9.17, 15) is 4.39 Å². The minimum absolute atomic E-state index is 0.256. The molecule has 1 saturated heterocycles. The summed E-state index contributed by atoms with van der Waals surface area (Å²) in [5, 5.41) is 7.14. The highest BCUT2D eigenvalue weighted by atomic mass is 19.1. The summed E-state index contributed by atoms with van der Waals surface area (Å²) in [6.45, 7) is 1.98. The molecule has 1 aliphatic heterocycles. The SMILES string of the molecule is CN(Cc1cn[nH]c1-c1ccc(F)cc1)c1cc([C@@H]2CCOC2)nc(N)n1. The fourth-order valence-electron chi connectivity index (χ4n) is 3.28. The van der Waals surface area contributed by atoms with E-state index >= 15 is 0 Å². The highest BCUT2D eigenvalue weighted by molar-refractivity contribution is 5.63. The molecular formula is C19H21FN6O. The van der Waals surface area contributed by atoms with Crippen molar-refractivity contribution in [2.75, 3.05) is 30.9 Å². The van der Waals surface area contributed by atoms with Crippen molar-refractivity contribution in [1.29, 1.82) is 0 Å². The molecular weight excluding hydrogens is 347 g/mol. The van der Waals surface area contributed by atoms with Gasteiger partial charge in [-0.05, 0) is 30.7 Å². The second-order valence-electron chi connectivity index (χ2n) is 6.70. The maximum absolute atomic E-state index is 13.2. The van der Waals surface area contributed by atoms with E-state index in [1.165, 1.54) is 12.1 Å². The molecule has 0 spiro atoms. The van der Waals surface area contributed by atoms with Crippen LogP contribution in [0.2, 0.25) is 0 Å². The van der Waals surface area contributed by atoms with Gasteiger partial charge in [0.25, 0.3) is 0 Å². The first-order valence-electron chi connectivity index (χ1n) is 8.81. The van der Waals surface area contributed by atoms with Crippen LogP contribution in [0, 0.1) is 5.82 Å². The second-order valence-corrected chi connectivity index (χ2v) is 6.70. The van der Waals surface area contributed by atoms with Crippen molar-refractivity contribution in [2.45, 2.75) is 18.9 Å². The average Bonchev–Trinajstić information content (AvgIpc) is 3.34. The summed E-state index contributed by atoms with van der Waals surface area (Å²) >= 11 is 0. The molecule has 1 aliphatic rings. The molecule has 1 fully saturated rings. The van der Waals surface area contributed by atoms with Crippen molar-refractivity contribution in [3.05, 3.63) is 53.6 Å². The number of anilines is 2. The third-order valence-corrected chi connectivity index (χ3v) is 4.75. The molecule has 8 heteroatoms. The van der Waals surface area contributed by atoms with Crippen molar-refractivity contribution in [3.63, 3.8) is 0 Å². The van der Waals surface area contributed by atoms with Gasteiger partial charge in [-0.25, -0.2) is 9.37 Å². The molecule has 0 saturated carbocycles. The number of halogens is 1. The number of nitrogens with one attached hydrogen (secondary N) is 1. The summed E-state index contributed by atoms with van der Waals surface area (Å²) in [5.74, 6) is 0.992. The van der Waals surface area contributed by atoms with E-state index in [-0.39, 0.29) is 17.7 Å². The molecule has 3 N–H and O–H groups in total. The number of ether oxygens (including phenoxy) is 1. The highest BCUT2D eigenvalue weighted by Crippen LogP contribution is 2.28. The van der Waals surface area contributed by atoms with E-state index in [4.69, 9.17) is 10.5 Å². The van der Waals surface area contributed by atoms with Gasteiger partial charge in [0, 0.05) is 43.3 Å². The van der Waals surface area contributed by atoms with E-state index in [0.717, 1.165) is 41.4 Å². The Morgan fingerprint density at radius 1 is 1.30 bits per heavy atom. The summed E-state index contributed by atoms with van der Waals surface area (Å²) < 4.78 is 18.7. The molecule has 0 bridgehead atoms. The minimum Gasteiger partial charge on any atom is -0.381 e. The largest absolute Gasteiger partial charge is 0.381 e. The molecule has 7 nitrogen and oxygen atoms in total. The fraction of sp³-hybridized carbons (Fsp3) is 0.316. The molecule has 0 amide bonds. The van der Waals surface area contributed by atoms with Gasteiger partial charge in [-0.2, -0.15) is 10.1 Å². The fourth-order valence-corrected chi connectivity index (χ4v) is 3.28. The number of H-pyrrole nitrogens is 1.